The quantitative estimate of drug-likeness (QED) is 0.378. The van der Waals surface area contributed by atoms with E-state index in [1.165, 1.54) is 12.1 Å². The normalized spacial score (nSPS) is 11.1. The first-order valence-electron chi connectivity index (χ1n) is 7.69. The molecule has 0 fully saturated rings. The molecule has 9 heteroatoms. The van der Waals surface area contributed by atoms with Crippen LogP contribution in [0.2, 0.25) is 5.02 Å². The SMILES string of the molecule is O=C(CCCC(=O)Oc1cccc(C(F)(F)F)c1F)Oc1cccc(Cl)c1. The van der Waals surface area contributed by atoms with Crippen molar-refractivity contribution in [2.24, 2.45) is 0 Å². The summed E-state index contributed by atoms with van der Waals surface area (Å²) in [6, 6.07) is 8.53. The van der Waals surface area contributed by atoms with Crippen LogP contribution >= 0.6 is 11.6 Å². The number of rotatable bonds is 6. The Kier molecular flexibility index (Phi) is 6.79. The summed E-state index contributed by atoms with van der Waals surface area (Å²) in [6.07, 6.45) is -5.34. The first-order valence-corrected chi connectivity index (χ1v) is 8.07. The number of halogens is 5. The Hall–Kier alpha value is -2.61. The molecule has 2 aromatic rings. The Balaban J connectivity index is 1.84. The minimum absolute atomic E-state index is 0.0127. The fraction of sp³-hybridized carbons (Fsp3) is 0.222. The minimum atomic E-state index is -4.91. The van der Waals surface area contributed by atoms with Crippen molar-refractivity contribution in [2.45, 2.75) is 25.4 Å². The number of carbonyl (C=O) groups is 2. The first kappa shape index (κ1) is 20.7. The van der Waals surface area contributed by atoms with Crippen LogP contribution in [0.4, 0.5) is 17.6 Å². The summed E-state index contributed by atoms with van der Waals surface area (Å²) in [5.74, 6) is -3.85. The molecule has 0 heterocycles. The van der Waals surface area contributed by atoms with Crippen molar-refractivity contribution >= 4 is 23.5 Å². The third-order valence-electron chi connectivity index (χ3n) is 3.28. The minimum Gasteiger partial charge on any atom is -0.426 e. The molecule has 0 saturated heterocycles. The van der Waals surface area contributed by atoms with E-state index < -0.39 is 35.2 Å². The lowest BCUT2D eigenvalue weighted by molar-refractivity contribution is -0.142. The highest BCUT2D eigenvalue weighted by Gasteiger charge is 2.35. The Morgan fingerprint density at radius 3 is 2.22 bits per heavy atom. The summed E-state index contributed by atoms with van der Waals surface area (Å²) in [5.41, 5.74) is -1.53. The molecule has 0 aliphatic carbocycles. The molecule has 0 aromatic heterocycles. The second kappa shape index (κ2) is 8.85. The molecule has 0 bridgehead atoms. The summed E-state index contributed by atoms with van der Waals surface area (Å²) >= 11 is 5.75. The summed E-state index contributed by atoms with van der Waals surface area (Å²) in [5, 5.41) is 0.381. The molecule has 0 saturated carbocycles. The number of benzene rings is 2. The molecule has 27 heavy (non-hydrogen) atoms. The van der Waals surface area contributed by atoms with Crippen LogP contribution in [0.5, 0.6) is 11.5 Å². The van der Waals surface area contributed by atoms with Gasteiger partial charge in [0.05, 0.1) is 5.56 Å². The van der Waals surface area contributed by atoms with E-state index in [1.807, 2.05) is 0 Å². The van der Waals surface area contributed by atoms with Crippen LogP contribution in [-0.4, -0.2) is 11.9 Å². The van der Waals surface area contributed by atoms with E-state index in [9.17, 15) is 27.2 Å². The van der Waals surface area contributed by atoms with Crippen molar-refractivity contribution in [3.05, 3.63) is 58.9 Å². The molecule has 2 aromatic carbocycles. The molecule has 0 unspecified atom stereocenters. The van der Waals surface area contributed by atoms with Gasteiger partial charge in [-0.15, -0.1) is 0 Å². The molecule has 0 aliphatic heterocycles. The number of alkyl halides is 3. The maximum absolute atomic E-state index is 13.8. The summed E-state index contributed by atoms with van der Waals surface area (Å²) < 4.78 is 61.3. The largest absolute Gasteiger partial charge is 0.426 e. The van der Waals surface area contributed by atoms with Gasteiger partial charge in [0.25, 0.3) is 0 Å². The highest BCUT2D eigenvalue weighted by Crippen LogP contribution is 2.34. The van der Waals surface area contributed by atoms with Crippen molar-refractivity contribution in [3.63, 3.8) is 0 Å². The molecule has 0 radical (unpaired) electrons. The van der Waals surface area contributed by atoms with E-state index in [0.29, 0.717) is 11.1 Å². The Bertz CT molecular complexity index is 836. The van der Waals surface area contributed by atoms with Crippen LogP contribution in [0.3, 0.4) is 0 Å². The van der Waals surface area contributed by atoms with Crippen molar-refractivity contribution in [1.82, 2.24) is 0 Å². The van der Waals surface area contributed by atoms with Gasteiger partial charge in [0, 0.05) is 17.9 Å². The van der Waals surface area contributed by atoms with E-state index in [0.717, 1.165) is 12.1 Å². The van der Waals surface area contributed by atoms with E-state index in [-0.39, 0.29) is 25.0 Å². The van der Waals surface area contributed by atoms with Crippen molar-refractivity contribution < 1.29 is 36.6 Å². The second-order valence-corrected chi connectivity index (χ2v) is 5.81. The molecule has 4 nitrogen and oxygen atoms in total. The topological polar surface area (TPSA) is 52.6 Å². The van der Waals surface area contributed by atoms with Gasteiger partial charge in [-0.05, 0) is 36.8 Å². The van der Waals surface area contributed by atoms with Gasteiger partial charge in [-0.1, -0.05) is 23.7 Å². The summed E-state index contributed by atoms with van der Waals surface area (Å²) in [4.78, 5) is 23.3. The van der Waals surface area contributed by atoms with Crippen molar-refractivity contribution in [1.29, 1.82) is 0 Å². The van der Waals surface area contributed by atoms with E-state index in [4.69, 9.17) is 16.3 Å². The zero-order valence-corrected chi connectivity index (χ0v) is 14.4. The molecule has 2 rings (SSSR count). The van der Waals surface area contributed by atoms with Crippen LogP contribution < -0.4 is 9.47 Å². The lowest BCUT2D eigenvalue weighted by Crippen LogP contribution is -2.14. The van der Waals surface area contributed by atoms with E-state index in [1.54, 1.807) is 12.1 Å². The standard InChI is InChI=1S/C18H13ClF4O4/c19-11-4-1-5-12(10-11)26-15(24)8-3-9-16(25)27-14-7-2-6-13(17(14)20)18(21,22)23/h1-2,4-7,10H,3,8-9H2. The Morgan fingerprint density at radius 1 is 0.963 bits per heavy atom. The summed E-state index contributed by atoms with van der Waals surface area (Å²) in [6.45, 7) is 0. The molecule has 0 N–H and O–H groups in total. The molecule has 0 atom stereocenters. The van der Waals surface area contributed by atoms with Gasteiger partial charge >= 0.3 is 18.1 Å². The van der Waals surface area contributed by atoms with Crippen LogP contribution in [0.15, 0.2) is 42.5 Å². The van der Waals surface area contributed by atoms with Gasteiger partial charge in [0.15, 0.2) is 11.6 Å². The Morgan fingerprint density at radius 2 is 1.59 bits per heavy atom. The predicted molar refractivity (Wildman–Crippen MR) is 88.0 cm³/mol. The first-order chi connectivity index (χ1) is 12.7. The fourth-order valence-electron chi connectivity index (χ4n) is 2.07. The molecule has 0 amide bonds. The molecular weight excluding hydrogens is 392 g/mol. The van der Waals surface area contributed by atoms with Gasteiger partial charge in [-0.25, -0.2) is 4.39 Å². The molecule has 144 valence electrons. The van der Waals surface area contributed by atoms with Crippen LogP contribution in [0.25, 0.3) is 0 Å². The zero-order chi connectivity index (χ0) is 20.0. The Labute approximate surface area is 156 Å². The number of hydrogen-bond donors (Lipinski definition) is 0. The lowest BCUT2D eigenvalue weighted by atomic mass is 10.2. The molecule has 0 spiro atoms. The van der Waals surface area contributed by atoms with E-state index in [2.05, 4.69) is 4.74 Å². The van der Waals surface area contributed by atoms with Gasteiger partial charge in [0.2, 0.25) is 0 Å². The van der Waals surface area contributed by atoms with Gasteiger partial charge in [0.1, 0.15) is 5.75 Å². The van der Waals surface area contributed by atoms with E-state index >= 15 is 0 Å². The third-order valence-corrected chi connectivity index (χ3v) is 3.52. The second-order valence-electron chi connectivity index (χ2n) is 5.37. The smallest absolute Gasteiger partial charge is 0.419 e. The zero-order valence-electron chi connectivity index (χ0n) is 13.7. The van der Waals surface area contributed by atoms with Gasteiger partial charge in [-0.3, -0.25) is 9.59 Å². The van der Waals surface area contributed by atoms with Gasteiger partial charge < -0.3 is 9.47 Å². The highest BCUT2D eigenvalue weighted by atomic mass is 35.5. The van der Waals surface area contributed by atoms with Crippen molar-refractivity contribution in [2.75, 3.05) is 0 Å². The number of hydrogen-bond acceptors (Lipinski definition) is 4. The maximum Gasteiger partial charge on any atom is 0.419 e. The summed E-state index contributed by atoms with van der Waals surface area (Å²) in [7, 11) is 0. The van der Waals surface area contributed by atoms with Crippen LogP contribution in [0.1, 0.15) is 24.8 Å². The number of esters is 2. The third kappa shape index (κ3) is 6.25. The van der Waals surface area contributed by atoms with Crippen LogP contribution in [0, 0.1) is 5.82 Å². The monoisotopic (exact) mass is 404 g/mol. The maximum atomic E-state index is 13.8. The predicted octanol–water partition coefficient (Wildman–Crippen LogP) is 5.18. The average molecular weight is 405 g/mol. The van der Waals surface area contributed by atoms with Gasteiger partial charge in [-0.2, -0.15) is 13.2 Å². The number of ether oxygens (including phenoxy) is 2. The highest BCUT2D eigenvalue weighted by molar-refractivity contribution is 6.30. The molecule has 0 aliphatic rings. The van der Waals surface area contributed by atoms with Crippen LogP contribution in [-0.2, 0) is 15.8 Å². The molecular formula is C18H13ClF4O4. The van der Waals surface area contributed by atoms with Crippen molar-refractivity contribution in [3.8, 4) is 11.5 Å². The number of carbonyl (C=O) groups excluding carboxylic acids is 2. The lowest BCUT2D eigenvalue weighted by Gasteiger charge is -2.11. The average Bonchev–Trinajstić information content (AvgIpc) is 2.55. The fourth-order valence-corrected chi connectivity index (χ4v) is 2.25.